The van der Waals surface area contributed by atoms with Gasteiger partial charge in [-0.15, -0.1) is 16.4 Å². The highest BCUT2D eigenvalue weighted by Crippen LogP contribution is 2.26. The lowest BCUT2D eigenvalue weighted by Crippen LogP contribution is -2.29. The maximum atomic E-state index is 13.0. The Kier molecular flexibility index (Phi) is 4.80. The van der Waals surface area contributed by atoms with E-state index < -0.39 is 0 Å². The molecule has 0 aliphatic rings. The van der Waals surface area contributed by atoms with E-state index in [1.165, 1.54) is 4.80 Å². The van der Waals surface area contributed by atoms with Crippen LogP contribution in [-0.2, 0) is 0 Å². The van der Waals surface area contributed by atoms with E-state index in [0.717, 1.165) is 16.1 Å². The average molecular weight is 374 g/mol. The molecule has 2 aromatic heterocycles. The number of hydrogen-bond donors (Lipinski definition) is 1. The van der Waals surface area contributed by atoms with E-state index in [9.17, 15) is 4.79 Å². The molecule has 2 aromatic carbocycles. The molecule has 0 aliphatic heterocycles. The molecule has 0 saturated heterocycles. The summed E-state index contributed by atoms with van der Waals surface area (Å²) in [6.45, 7) is 1.80. The summed E-state index contributed by atoms with van der Waals surface area (Å²) >= 11 is 1.61. The number of benzene rings is 2. The first-order valence-corrected chi connectivity index (χ1v) is 9.49. The molecule has 27 heavy (non-hydrogen) atoms. The van der Waals surface area contributed by atoms with E-state index in [4.69, 9.17) is 0 Å². The van der Waals surface area contributed by atoms with Crippen molar-refractivity contribution in [3.8, 4) is 5.69 Å². The molecule has 6 heteroatoms. The van der Waals surface area contributed by atoms with Gasteiger partial charge in [-0.3, -0.25) is 4.79 Å². The van der Waals surface area contributed by atoms with Crippen molar-refractivity contribution in [1.29, 1.82) is 0 Å². The largest absolute Gasteiger partial charge is 0.339 e. The lowest BCUT2D eigenvalue weighted by molar-refractivity contribution is 0.0937. The van der Waals surface area contributed by atoms with Gasteiger partial charge < -0.3 is 5.32 Å². The summed E-state index contributed by atoms with van der Waals surface area (Å²) in [6.07, 6.45) is 0. The van der Waals surface area contributed by atoms with E-state index in [1.807, 2.05) is 78.2 Å². The fourth-order valence-electron chi connectivity index (χ4n) is 2.88. The van der Waals surface area contributed by atoms with E-state index in [0.29, 0.717) is 11.4 Å². The Bertz CT molecular complexity index is 1030. The Morgan fingerprint density at radius 3 is 2.33 bits per heavy atom. The van der Waals surface area contributed by atoms with Crippen LogP contribution in [0.5, 0.6) is 0 Å². The molecule has 4 aromatic rings. The van der Waals surface area contributed by atoms with Crippen LogP contribution in [0, 0.1) is 6.92 Å². The minimum Gasteiger partial charge on any atom is -0.339 e. The number of rotatable bonds is 5. The molecule has 0 aliphatic carbocycles. The van der Waals surface area contributed by atoms with Crippen LogP contribution in [0.2, 0.25) is 0 Å². The molecule has 1 amide bonds. The average Bonchev–Trinajstić information content (AvgIpc) is 3.37. The minimum atomic E-state index is -0.239. The standard InChI is InChI=1S/C21H18N4OS/c1-15-19(24-25(23-15)17-11-6-3-7-12-17)21(26)22-20(18-13-8-14-27-18)16-9-4-2-5-10-16/h2-14,20H,1H3,(H,22,26). The fraction of sp³-hybridized carbons (Fsp3) is 0.0952. The monoisotopic (exact) mass is 374 g/mol. The number of aryl methyl sites for hydroxylation is 1. The number of thiophene rings is 1. The van der Waals surface area contributed by atoms with Crippen LogP contribution in [0.1, 0.15) is 32.7 Å². The minimum absolute atomic E-state index is 0.222. The zero-order valence-corrected chi connectivity index (χ0v) is 15.6. The first-order chi connectivity index (χ1) is 13.2. The summed E-state index contributed by atoms with van der Waals surface area (Å²) in [6, 6.07) is 23.3. The molecule has 0 fully saturated rings. The number of nitrogens with one attached hydrogen (secondary N) is 1. The first kappa shape index (κ1) is 17.2. The zero-order chi connectivity index (χ0) is 18.6. The van der Waals surface area contributed by atoms with Crippen molar-refractivity contribution in [3.63, 3.8) is 0 Å². The van der Waals surface area contributed by atoms with Crippen LogP contribution < -0.4 is 5.32 Å². The normalized spacial score (nSPS) is 11.9. The maximum Gasteiger partial charge on any atom is 0.274 e. The molecule has 1 unspecified atom stereocenters. The zero-order valence-electron chi connectivity index (χ0n) is 14.7. The smallest absolute Gasteiger partial charge is 0.274 e. The molecule has 5 nitrogen and oxygen atoms in total. The maximum absolute atomic E-state index is 13.0. The van der Waals surface area contributed by atoms with Crippen molar-refractivity contribution < 1.29 is 4.79 Å². The summed E-state index contributed by atoms with van der Waals surface area (Å²) in [5.74, 6) is -0.239. The number of hydrogen-bond acceptors (Lipinski definition) is 4. The van der Waals surface area contributed by atoms with Crippen LogP contribution in [0.3, 0.4) is 0 Å². The van der Waals surface area contributed by atoms with Gasteiger partial charge in [0.25, 0.3) is 5.91 Å². The molecular weight excluding hydrogens is 356 g/mol. The summed E-state index contributed by atoms with van der Waals surface area (Å²) in [5, 5.41) is 13.9. The summed E-state index contributed by atoms with van der Waals surface area (Å²) in [7, 11) is 0. The molecular formula is C21H18N4OS. The van der Waals surface area contributed by atoms with Gasteiger partial charge in [0.2, 0.25) is 0 Å². The van der Waals surface area contributed by atoms with Gasteiger partial charge in [0.1, 0.15) is 0 Å². The predicted octanol–water partition coefficient (Wildman–Crippen LogP) is 4.16. The third-order valence-corrected chi connectivity index (χ3v) is 5.16. The number of nitrogens with zero attached hydrogens (tertiary/aromatic N) is 3. The third-order valence-electron chi connectivity index (χ3n) is 4.22. The van der Waals surface area contributed by atoms with Crippen molar-refractivity contribution in [2.45, 2.75) is 13.0 Å². The first-order valence-electron chi connectivity index (χ1n) is 8.61. The van der Waals surface area contributed by atoms with E-state index in [-0.39, 0.29) is 11.9 Å². The van der Waals surface area contributed by atoms with Gasteiger partial charge in [0.05, 0.1) is 17.4 Å². The summed E-state index contributed by atoms with van der Waals surface area (Å²) in [5.41, 5.74) is 2.77. The highest BCUT2D eigenvalue weighted by molar-refractivity contribution is 7.10. The molecule has 0 radical (unpaired) electrons. The number of carbonyl (C=O) groups is 1. The van der Waals surface area contributed by atoms with Gasteiger partial charge in [-0.25, -0.2) is 0 Å². The van der Waals surface area contributed by atoms with Gasteiger partial charge in [-0.05, 0) is 36.1 Å². The molecule has 2 heterocycles. The van der Waals surface area contributed by atoms with Crippen LogP contribution >= 0.6 is 11.3 Å². The van der Waals surface area contributed by atoms with Gasteiger partial charge in [-0.1, -0.05) is 54.6 Å². The van der Waals surface area contributed by atoms with Crippen LogP contribution in [0.4, 0.5) is 0 Å². The lowest BCUT2D eigenvalue weighted by atomic mass is 10.1. The van der Waals surface area contributed by atoms with Crippen LogP contribution in [0.15, 0.2) is 78.2 Å². The number of carbonyl (C=O) groups excluding carboxylic acids is 1. The summed E-state index contributed by atoms with van der Waals surface area (Å²) in [4.78, 5) is 15.5. The SMILES string of the molecule is Cc1nn(-c2ccccc2)nc1C(=O)NC(c1ccccc1)c1cccs1. The number of aromatic nitrogens is 3. The number of amides is 1. The molecule has 1 N–H and O–H groups in total. The number of para-hydroxylation sites is 1. The van der Waals surface area contributed by atoms with E-state index >= 15 is 0 Å². The third kappa shape index (κ3) is 3.66. The molecule has 0 bridgehead atoms. The molecule has 1 atom stereocenters. The second kappa shape index (κ2) is 7.55. The Balaban J connectivity index is 1.63. The quantitative estimate of drug-likeness (QED) is 0.571. The van der Waals surface area contributed by atoms with Gasteiger partial charge in [-0.2, -0.15) is 9.90 Å². The predicted molar refractivity (Wildman–Crippen MR) is 106 cm³/mol. The fourth-order valence-corrected chi connectivity index (χ4v) is 3.69. The second-order valence-electron chi connectivity index (χ2n) is 6.09. The second-order valence-corrected chi connectivity index (χ2v) is 7.07. The van der Waals surface area contributed by atoms with Crippen molar-refractivity contribution in [2.75, 3.05) is 0 Å². The van der Waals surface area contributed by atoms with Crippen LogP contribution in [0.25, 0.3) is 5.69 Å². The molecule has 0 saturated carbocycles. The van der Waals surface area contributed by atoms with Gasteiger partial charge in [0, 0.05) is 4.88 Å². The van der Waals surface area contributed by atoms with Crippen molar-refractivity contribution in [1.82, 2.24) is 20.3 Å². The highest BCUT2D eigenvalue weighted by Gasteiger charge is 2.22. The summed E-state index contributed by atoms with van der Waals surface area (Å²) < 4.78 is 0. The van der Waals surface area contributed by atoms with Crippen LogP contribution in [-0.4, -0.2) is 20.9 Å². The van der Waals surface area contributed by atoms with Crippen molar-refractivity contribution in [3.05, 3.63) is 100 Å². The molecule has 0 spiro atoms. The Morgan fingerprint density at radius 2 is 1.67 bits per heavy atom. The van der Waals surface area contributed by atoms with E-state index in [1.54, 1.807) is 18.3 Å². The van der Waals surface area contributed by atoms with Crippen molar-refractivity contribution >= 4 is 17.2 Å². The van der Waals surface area contributed by atoms with Crippen molar-refractivity contribution in [2.24, 2.45) is 0 Å². The van der Waals surface area contributed by atoms with Gasteiger partial charge in [0.15, 0.2) is 5.69 Å². The Morgan fingerprint density at radius 1 is 0.963 bits per heavy atom. The molecule has 4 rings (SSSR count). The molecule has 134 valence electrons. The Hall–Kier alpha value is -3.25. The topological polar surface area (TPSA) is 59.8 Å². The highest BCUT2D eigenvalue weighted by atomic mass is 32.1. The lowest BCUT2D eigenvalue weighted by Gasteiger charge is -2.17. The van der Waals surface area contributed by atoms with E-state index in [2.05, 4.69) is 15.5 Å². The van der Waals surface area contributed by atoms with Gasteiger partial charge >= 0.3 is 0 Å². The Labute approximate surface area is 161 Å².